The number of nitrogens with zero attached hydrogens (tertiary/aromatic N) is 3. The first-order chi connectivity index (χ1) is 15.1. The molecule has 0 unspecified atom stereocenters. The molecule has 32 heavy (non-hydrogen) atoms. The number of benzene rings is 2. The van der Waals surface area contributed by atoms with Crippen LogP contribution in [0.2, 0.25) is 5.02 Å². The number of amidine groups is 2. The highest BCUT2D eigenvalue weighted by Crippen LogP contribution is 2.31. The van der Waals surface area contributed by atoms with Crippen LogP contribution in [0, 0.1) is 11.2 Å². The number of carbonyl (C=O) groups excluding carboxylic acids is 1. The summed E-state index contributed by atoms with van der Waals surface area (Å²) in [5.41, 5.74) is 1.21. The summed E-state index contributed by atoms with van der Waals surface area (Å²) in [6.45, 7) is 0.189. The van der Waals surface area contributed by atoms with Crippen LogP contribution in [0.5, 0.6) is 5.75 Å². The standard InChI is InChI=1S/C20H14ClFN4O4S2/c1-32(28,29)20-25-26-17(23)14(18(27)24-19(26)31-20)8-12-4-7-16(15(21)9-12)30-10-11-2-5-13(22)6-3-11/h2-9,23H,10H2,1H3/b14-8-,23-17?. The number of thioether (sulfide) groups is 1. The molecule has 0 saturated heterocycles. The first kappa shape index (κ1) is 22.2. The molecule has 164 valence electrons. The van der Waals surface area contributed by atoms with Crippen molar-refractivity contribution in [2.75, 3.05) is 6.26 Å². The Labute approximate surface area is 191 Å². The Hall–Kier alpha value is -3.02. The second-order valence-corrected chi connectivity index (χ2v) is 10.3. The zero-order valence-corrected chi connectivity index (χ0v) is 18.8. The van der Waals surface area contributed by atoms with Crippen LogP contribution in [0.25, 0.3) is 6.08 Å². The number of fused-ring (bicyclic) bond motifs is 1. The van der Waals surface area contributed by atoms with Gasteiger partial charge >= 0.3 is 0 Å². The molecule has 2 aliphatic rings. The summed E-state index contributed by atoms with van der Waals surface area (Å²) >= 11 is 7.00. The monoisotopic (exact) mass is 492 g/mol. The molecule has 0 aromatic heterocycles. The number of rotatable bonds is 4. The maximum Gasteiger partial charge on any atom is 0.283 e. The molecule has 0 aliphatic carbocycles. The van der Waals surface area contributed by atoms with Crippen molar-refractivity contribution in [1.82, 2.24) is 5.01 Å². The van der Waals surface area contributed by atoms with Gasteiger partial charge in [-0.3, -0.25) is 10.2 Å². The van der Waals surface area contributed by atoms with Gasteiger partial charge in [-0.05, 0) is 53.2 Å². The van der Waals surface area contributed by atoms with E-state index in [0.29, 0.717) is 23.1 Å². The van der Waals surface area contributed by atoms with Gasteiger partial charge < -0.3 is 4.74 Å². The molecule has 0 atom stereocenters. The first-order valence-electron chi connectivity index (χ1n) is 8.99. The minimum Gasteiger partial charge on any atom is -0.487 e. The Morgan fingerprint density at radius 3 is 2.62 bits per heavy atom. The van der Waals surface area contributed by atoms with Crippen molar-refractivity contribution in [1.29, 1.82) is 5.41 Å². The van der Waals surface area contributed by atoms with Crippen LogP contribution in [-0.2, 0) is 21.2 Å². The van der Waals surface area contributed by atoms with E-state index in [2.05, 4.69) is 10.1 Å². The van der Waals surface area contributed by atoms with E-state index in [1.165, 1.54) is 18.2 Å². The van der Waals surface area contributed by atoms with Crippen LogP contribution in [0.15, 0.2) is 58.1 Å². The van der Waals surface area contributed by atoms with Crippen molar-refractivity contribution in [2.45, 2.75) is 6.61 Å². The van der Waals surface area contributed by atoms with E-state index in [4.69, 9.17) is 21.7 Å². The average molecular weight is 493 g/mol. The molecule has 0 fully saturated rings. The molecular weight excluding hydrogens is 479 g/mol. The molecule has 2 heterocycles. The number of hydrazone groups is 1. The summed E-state index contributed by atoms with van der Waals surface area (Å²) in [6, 6.07) is 10.7. The number of hydrogen-bond donors (Lipinski definition) is 1. The van der Waals surface area contributed by atoms with Gasteiger partial charge in [0.1, 0.15) is 18.2 Å². The Kier molecular flexibility index (Phi) is 5.89. The predicted octanol–water partition coefficient (Wildman–Crippen LogP) is 3.68. The third-order valence-corrected chi connectivity index (χ3v) is 7.20. The third kappa shape index (κ3) is 4.59. The number of hydrogen-bond acceptors (Lipinski definition) is 7. The van der Waals surface area contributed by atoms with Gasteiger partial charge in [0, 0.05) is 6.26 Å². The van der Waals surface area contributed by atoms with E-state index in [1.807, 2.05) is 0 Å². The fourth-order valence-electron chi connectivity index (χ4n) is 2.76. The predicted molar refractivity (Wildman–Crippen MR) is 122 cm³/mol. The fourth-order valence-corrected chi connectivity index (χ4v) is 4.69. The minimum atomic E-state index is -3.60. The van der Waals surface area contributed by atoms with E-state index in [0.717, 1.165) is 16.8 Å². The van der Waals surface area contributed by atoms with Gasteiger partial charge in [-0.25, -0.2) is 12.8 Å². The van der Waals surface area contributed by atoms with Gasteiger partial charge in [0.15, 0.2) is 5.84 Å². The lowest BCUT2D eigenvalue weighted by atomic mass is 10.1. The molecule has 1 N–H and O–H groups in total. The Morgan fingerprint density at radius 2 is 1.97 bits per heavy atom. The first-order valence-corrected chi connectivity index (χ1v) is 12.1. The lowest BCUT2D eigenvalue weighted by Gasteiger charge is -2.20. The number of aliphatic imine (C=N–C) groups is 1. The van der Waals surface area contributed by atoms with Crippen LogP contribution < -0.4 is 4.74 Å². The molecule has 12 heteroatoms. The molecule has 0 spiro atoms. The van der Waals surface area contributed by atoms with Crippen molar-refractivity contribution in [3.8, 4) is 5.75 Å². The van der Waals surface area contributed by atoms with Crippen molar-refractivity contribution in [3.05, 3.63) is 70.0 Å². The molecule has 2 aromatic rings. The topological polar surface area (TPSA) is 112 Å². The van der Waals surface area contributed by atoms with E-state index in [9.17, 15) is 17.6 Å². The summed E-state index contributed by atoms with van der Waals surface area (Å²) < 4.78 is 41.9. The third-order valence-electron chi connectivity index (χ3n) is 4.33. The highest BCUT2D eigenvalue weighted by Gasteiger charge is 2.38. The molecule has 2 aliphatic heterocycles. The smallest absolute Gasteiger partial charge is 0.283 e. The fraction of sp³-hybridized carbons (Fsp3) is 0.100. The normalized spacial score (nSPS) is 17.3. The average Bonchev–Trinajstić information content (AvgIpc) is 3.16. The summed E-state index contributed by atoms with van der Waals surface area (Å²) in [7, 11) is -3.60. The van der Waals surface area contributed by atoms with Crippen LogP contribution in [0.3, 0.4) is 0 Å². The molecule has 0 bridgehead atoms. The highest BCUT2D eigenvalue weighted by molar-refractivity contribution is 8.42. The number of amides is 1. The molecule has 0 radical (unpaired) electrons. The zero-order valence-electron chi connectivity index (χ0n) is 16.4. The number of halogens is 2. The van der Waals surface area contributed by atoms with Crippen LogP contribution in [0.1, 0.15) is 11.1 Å². The maximum absolute atomic E-state index is 13.0. The van der Waals surface area contributed by atoms with Crippen molar-refractivity contribution >= 4 is 60.6 Å². The van der Waals surface area contributed by atoms with Crippen LogP contribution in [0.4, 0.5) is 4.39 Å². The molecule has 8 nitrogen and oxygen atoms in total. The second kappa shape index (κ2) is 8.49. The Balaban J connectivity index is 1.54. The SMILES string of the molecule is CS(=O)(=O)C1=NN2C(=N)/C(=C/c3ccc(OCc4ccc(F)cc4)c(Cl)c3)C(=O)N=C2S1. The van der Waals surface area contributed by atoms with Gasteiger partial charge in [-0.1, -0.05) is 29.8 Å². The summed E-state index contributed by atoms with van der Waals surface area (Å²) in [5, 5.41) is 13.5. The molecule has 4 rings (SSSR count). The minimum absolute atomic E-state index is 0.0140. The van der Waals surface area contributed by atoms with Crippen LogP contribution in [-0.4, -0.2) is 41.0 Å². The van der Waals surface area contributed by atoms with E-state index < -0.39 is 15.7 Å². The molecule has 2 aromatic carbocycles. The summed E-state index contributed by atoms with van der Waals surface area (Å²) in [4.78, 5) is 16.3. The van der Waals surface area contributed by atoms with Crippen molar-refractivity contribution < 1.29 is 22.3 Å². The highest BCUT2D eigenvalue weighted by atomic mass is 35.5. The summed E-state index contributed by atoms with van der Waals surface area (Å²) in [5.74, 6) is -0.929. The van der Waals surface area contributed by atoms with E-state index in [1.54, 1.807) is 30.3 Å². The number of nitrogens with one attached hydrogen (secondary N) is 1. The lowest BCUT2D eigenvalue weighted by Crippen LogP contribution is -2.35. The van der Waals surface area contributed by atoms with Gasteiger partial charge in [-0.15, -0.1) is 5.10 Å². The molecular formula is C20H14ClFN4O4S2. The van der Waals surface area contributed by atoms with Gasteiger partial charge in [0.05, 0.1) is 10.6 Å². The number of carbonyl (C=O) groups is 1. The number of sulfone groups is 1. The Morgan fingerprint density at radius 1 is 1.25 bits per heavy atom. The largest absolute Gasteiger partial charge is 0.487 e. The maximum atomic E-state index is 13.0. The molecule has 0 saturated carbocycles. The van der Waals surface area contributed by atoms with Crippen molar-refractivity contribution in [2.24, 2.45) is 10.1 Å². The van der Waals surface area contributed by atoms with E-state index in [-0.39, 0.29) is 38.4 Å². The van der Waals surface area contributed by atoms with Gasteiger partial charge in [-0.2, -0.15) is 10.0 Å². The Bertz CT molecular complexity index is 1340. The molecule has 1 amide bonds. The zero-order chi connectivity index (χ0) is 23.0. The van der Waals surface area contributed by atoms with Crippen LogP contribution >= 0.6 is 23.4 Å². The van der Waals surface area contributed by atoms with E-state index >= 15 is 0 Å². The van der Waals surface area contributed by atoms with Gasteiger partial charge in [0.25, 0.3) is 5.91 Å². The summed E-state index contributed by atoms with van der Waals surface area (Å²) in [6.07, 6.45) is 2.40. The number of ether oxygens (including phenoxy) is 1. The lowest BCUT2D eigenvalue weighted by molar-refractivity contribution is -0.114. The van der Waals surface area contributed by atoms with Crippen molar-refractivity contribution in [3.63, 3.8) is 0 Å². The second-order valence-electron chi connectivity index (χ2n) is 6.76. The van der Waals surface area contributed by atoms with Gasteiger partial charge in [0.2, 0.25) is 19.4 Å². The quantitative estimate of drug-likeness (QED) is 0.651.